The zero-order valence-electron chi connectivity index (χ0n) is 10.5. The maximum absolute atomic E-state index is 11.7. The lowest BCUT2D eigenvalue weighted by Crippen LogP contribution is -2.25. The minimum atomic E-state index is -0.577. The fourth-order valence-corrected chi connectivity index (χ4v) is 1.39. The second kappa shape index (κ2) is 4.29. The molecule has 4 heteroatoms. The van der Waals surface area contributed by atoms with E-state index in [4.69, 9.17) is 9.15 Å². The van der Waals surface area contributed by atoms with Gasteiger partial charge in [0.2, 0.25) is 0 Å². The lowest BCUT2D eigenvalue weighted by atomic mass is 9.97. The van der Waals surface area contributed by atoms with Crippen LogP contribution in [0, 0.1) is 5.41 Å². The number of rotatable bonds is 1. The molecule has 0 saturated carbocycles. The van der Waals surface area contributed by atoms with E-state index in [2.05, 4.69) is 0 Å². The molecule has 2 rings (SSSR count). The molecule has 0 aliphatic heterocycles. The van der Waals surface area contributed by atoms with Gasteiger partial charge >= 0.3 is 5.97 Å². The average molecular weight is 246 g/mol. The number of carbonyl (C=O) groups excluding carboxylic acids is 1. The highest BCUT2D eigenvalue weighted by molar-refractivity contribution is 5.81. The molecule has 0 atom stereocenters. The van der Waals surface area contributed by atoms with Gasteiger partial charge in [0.05, 0.1) is 17.1 Å². The van der Waals surface area contributed by atoms with Gasteiger partial charge in [0.1, 0.15) is 11.3 Å². The van der Waals surface area contributed by atoms with Crippen LogP contribution < -0.4 is 10.2 Å². The van der Waals surface area contributed by atoms with Gasteiger partial charge in [0.25, 0.3) is 0 Å². The van der Waals surface area contributed by atoms with Crippen molar-refractivity contribution in [2.75, 3.05) is 0 Å². The van der Waals surface area contributed by atoms with Gasteiger partial charge in [-0.1, -0.05) is 0 Å². The summed E-state index contributed by atoms with van der Waals surface area (Å²) in [6.07, 6.45) is 1.32. The molecule has 0 aliphatic rings. The van der Waals surface area contributed by atoms with Crippen molar-refractivity contribution < 1.29 is 13.9 Å². The summed E-state index contributed by atoms with van der Waals surface area (Å²) in [7, 11) is 0. The number of hydrogen-bond acceptors (Lipinski definition) is 4. The molecular weight excluding hydrogens is 232 g/mol. The molecule has 0 unspecified atom stereocenters. The van der Waals surface area contributed by atoms with Gasteiger partial charge in [0.15, 0.2) is 5.43 Å². The molecule has 4 nitrogen and oxygen atoms in total. The third-order valence-electron chi connectivity index (χ3n) is 2.46. The van der Waals surface area contributed by atoms with Crippen LogP contribution in [0.2, 0.25) is 0 Å². The predicted octanol–water partition coefficient (Wildman–Crippen LogP) is 2.74. The molecule has 0 aliphatic carbocycles. The Kier molecular flexibility index (Phi) is 2.95. The van der Waals surface area contributed by atoms with Crippen molar-refractivity contribution >= 4 is 16.9 Å². The lowest BCUT2D eigenvalue weighted by Gasteiger charge is -2.16. The van der Waals surface area contributed by atoms with Crippen LogP contribution in [-0.2, 0) is 4.79 Å². The molecule has 0 radical (unpaired) electrons. The SMILES string of the molecule is CC(C)(C)C(=O)Oc1ccc2c(=O)ccoc2c1. The van der Waals surface area contributed by atoms with E-state index in [1.807, 2.05) is 0 Å². The molecule has 0 fully saturated rings. The standard InChI is InChI=1S/C14H14O4/c1-14(2,3)13(16)18-9-4-5-10-11(15)6-7-17-12(10)8-9/h4-8H,1-3H3. The van der Waals surface area contributed by atoms with E-state index < -0.39 is 5.41 Å². The van der Waals surface area contributed by atoms with Crippen molar-refractivity contribution in [1.82, 2.24) is 0 Å². The Morgan fingerprint density at radius 2 is 1.94 bits per heavy atom. The van der Waals surface area contributed by atoms with Crippen LogP contribution in [0.25, 0.3) is 11.0 Å². The molecule has 0 N–H and O–H groups in total. The van der Waals surface area contributed by atoms with Crippen LogP contribution in [-0.4, -0.2) is 5.97 Å². The van der Waals surface area contributed by atoms with E-state index in [-0.39, 0.29) is 11.4 Å². The van der Waals surface area contributed by atoms with Crippen molar-refractivity contribution in [3.05, 3.63) is 40.8 Å². The molecule has 2 aromatic rings. The summed E-state index contributed by atoms with van der Waals surface area (Å²) in [4.78, 5) is 23.2. The summed E-state index contributed by atoms with van der Waals surface area (Å²) in [6, 6.07) is 6.07. The zero-order valence-corrected chi connectivity index (χ0v) is 10.5. The molecule has 0 spiro atoms. The molecule has 1 heterocycles. The molecule has 1 aromatic heterocycles. The summed E-state index contributed by atoms with van der Waals surface area (Å²) < 4.78 is 10.4. The third-order valence-corrected chi connectivity index (χ3v) is 2.46. The molecule has 0 saturated heterocycles. The van der Waals surface area contributed by atoms with Gasteiger partial charge in [-0.2, -0.15) is 0 Å². The molecule has 1 aromatic carbocycles. The maximum Gasteiger partial charge on any atom is 0.316 e. The Balaban J connectivity index is 2.37. The van der Waals surface area contributed by atoms with Crippen molar-refractivity contribution in [2.45, 2.75) is 20.8 Å². The Morgan fingerprint density at radius 3 is 2.61 bits per heavy atom. The largest absolute Gasteiger partial charge is 0.464 e. The van der Waals surface area contributed by atoms with Gasteiger partial charge in [-0.3, -0.25) is 9.59 Å². The quantitative estimate of drug-likeness (QED) is 0.573. The maximum atomic E-state index is 11.7. The second-order valence-corrected chi connectivity index (χ2v) is 5.08. The number of fused-ring (bicyclic) bond motifs is 1. The minimum absolute atomic E-state index is 0.120. The summed E-state index contributed by atoms with van der Waals surface area (Å²) in [5, 5.41) is 0.466. The summed E-state index contributed by atoms with van der Waals surface area (Å²) in [6.45, 7) is 5.32. The molecule has 94 valence electrons. The van der Waals surface area contributed by atoms with Gasteiger partial charge in [-0.15, -0.1) is 0 Å². The van der Waals surface area contributed by atoms with Crippen molar-refractivity contribution in [3.63, 3.8) is 0 Å². The van der Waals surface area contributed by atoms with E-state index in [1.54, 1.807) is 39.0 Å². The Bertz CT molecular complexity index is 647. The van der Waals surface area contributed by atoms with E-state index in [9.17, 15) is 9.59 Å². The first-order valence-corrected chi connectivity index (χ1v) is 5.62. The van der Waals surface area contributed by atoms with Crippen LogP contribution >= 0.6 is 0 Å². The van der Waals surface area contributed by atoms with Crippen LogP contribution in [0.5, 0.6) is 5.75 Å². The summed E-state index contributed by atoms with van der Waals surface area (Å²) >= 11 is 0. The van der Waals surface area contributed by atoms with E-state index in [0.717, 1.165) is 0 Å². The highest BCUT2D eigenvalue weighted by atomic mass is 16.5. The van der Waals surface area contributed by atoms with E-state index in [1.165, 1.54) is 12.3 Å². The number of esters is 1. The Hall–Kier alpha value is -2.10. The topological polar surface area (TPSA) is 56.5 Å². The first-order chi connectivity index (χ1) is 8.38. The fourth-order valence-electron chi connectivity index (χ4n) is 1.39. The van der Waals surface area contributed by atoms with Gasteiger partial charge in [-0.05, 0) is 32.9 Å². The summed E-state index contributed by atoms with van der Waals surface area (Å²) in [5.74, 6) is 0.0388. The van der Waals surface area contributed by atoms with Crippen molar-refractivity contribution in [3.8, 4) is 5.75 Å². The first-order valence-electron chi connectivity index (χ1n) is 5.62. The third kappa shape index (κ3) is 2.42. The smallest absolute Gasteiger partial charge is 0.316 e. The summed E-state index contributed by atoms with van der Waals surface area (Å²) in [5.41, 5.74) is -0.293. The van der Waals surface area contributed by atoms with Crippen LogP contribution in [0.15, 0.2) is 39.7 Å². The van der Waals surface area contributed by atoms with E-state index >= 15 is 0 Å². The fraction of sp³-hybridized carbons (Fsp3) is 0.286. The average Bonchev–Trinajstić information content (AvgIpc) is 2.28. The van der Waals surface area contributed by atoms with Crippen molar-refractivity contribution in [2.24, 2.45) is 5.41 Å². The zero-order chi connectivity index (χ0) is 13.3. The highest BCUT2D eigenvalue weighted by Crippen LogP contribution is 2.22. The monoisotopic (exact) mass is 246 g/mol. The second-order valence-electron chi connectivity index (χ2n) is 5.08. The van der Waals surface area contributed by atoms with Gasteiger partial charge in [0, 0.05) is 12.1 Å². The molecular formula is C14H14O4. The Morgan fingerprint density at radius 1 is 1.22 bits per heavy atom. The molecule has 0 bridgehead atoms. The predicted molar refractivity (Wildman–Crippen MR) is 67.6 cm³/mol. The Labute approximate surface area is 104 Å². The van der Waals surface area contributed by atoms with Gasteiger partial charge in [-0.25, -0.2) is 0 Å². The number of ether oxygens (including phenoxy) is 1. The number of hydrogen-bond donors (Lipinski definition) is 0. The van der Waals surface area contributed by atoms with Crippen LogP contribution in [0.3, 0.4) is 0 Å². The first kappa shape index (κ1) is 12.4. The molecule has 0 amide bonds. The number of benzene rings is 1. The van der Waals surface area contributed by atoms with Gasteiger partial charge < -0.3 is 9.15 Å². The highest BCUT2D eigenvalue weighted by Gasteiger charge is 2.23. The van der Waals surface area contributed by atoms with Crippen LogP contribution in [0.1, 0.15) is 20.8 Å². The normalized spacial score (nSPS) is 11.5. The minimum Gasteiger partial charge on any atom is -0.464 e. The van der Waals surface area contributed by atoms with Crippen LogP contribution in [0.4, 0.5) is 0 Å². The van der Waals surface area contributed by atoms with Crippen molar-refractivity contribution in [1.29, 1.82) is 0 Å². The molecule has 18 heavy (non-hydrogen) atoms. The lowest BCUT2D eigenvalue weighted by molar-refractivity contribution is -0.142. The van der Waals surface area contributed by atoms with E-state index in [0.29, 0.717) is 16.7 Å². The number of carbonyl (C=O) groups is 1.